The maximum atomic E-state index is 13.4. The van der Waals surface area contributed by atoms with Gasteiger partial charge in [0.05, 0.1) is 25.2 Å². The number of halogens is 2. The van der Waals surface area contributed by atoms with Gasteiger partial charge in [0.15, 0.2) is 0 Å². The summed E-state index contributed by atoms with van der Waals surface area (Å²) in [5.41, 5.74) is -1.75. The van der Waals surface area contributed by atoms with Gasteiger partial charge in [-0.1, -0.05) is 26.7 Å². The summed E-state index contributed by atoms with van der Waals surface area (Å²) in [6.45, 7) is 6.02. The molecule has 0 heterocycles. The Morgan fingerprint density at radius 3 is 2.16 bits per heavy atom. The molecule has 2 N–H and O–H groups in total. The van der Waals surface area contributed by atoms with Crippen LogP contribution in [0.1, 0.15) is 91.4 Å². The summed E-state index contributed by atoms with van der Waals surface area (Å²) in [6, 6.07) is -0.745. The predicted octanol–water partition coefficient (Wildman–Crippen LogP) is 5.54. The van der Waals surface area contributed by atoms with Crippen LogP contribution < -0.4 is 5.32 Å². The van der Waals surface area contributed by atoms with E-state index in [9.17, 15) is 19.5 Å². The molecule has 0 radical (unpaired) electrons. The summed E-state index contributed by atoms with van der Waals surface area (Å²) in [4.78, 5) is 38.1. The fourth-order valence-electron chi connectivity index (χ4n) is 6.68. The number of aliphatic carboxylic acids is 1. The zero-order valence-electron chi connectivity index (χ0n) is 22.8. The maximum Gasteiger partial charge on any atom is 0.328 e. The zero-order valence-corrected chi connectivity index (χ0v) is 24.3. The molecule has 2 unspecified atom stereocenters. The lowest BCUT2D eigenvalue weighted by atomic mass is 9.53. The molecule has 7 nitrogen and oxygen atoms in total. The van der Waals surface area contributed by atoms with Gasteiger partial charge in [-0.3, -0.25) is 9.59 Å². The fraction of sp³-hybridized carbons (Fsp3) is 0.893. The molecule has 37 heavy (non-hydrogen) atoms. The SMILES string of the molecule is COC(=O)[C@H](CC1CCC(OCC2C(Cl)CCCC2Cl)CC1)NC(=O)[C@H]1CCC[C@@](C)(C(=O)O)C1(C)C. The number of esters is 1. The van der Waals surface area contributed by atoms with E-state index in [1.807, 2.05) is 13.8 Å². The van der Waals surface area contributed by atoms with Crippen LogP contribution in [0.2, 0.25) is 0 Å². The van der Waals surface area contributed by atoms with E-state index in [0.29, 0.717) is 32.3 Å². The molecule has 0 aromatic rings. The van der Waals surface area contributed by atoms with E-state index in [2.05, 4.69) is 5.32 Å². The van der Waals surface area contributed by atoms with E-state index in [0.717, 1.165) is 44.9 Å². The molecule has 212 valence electrons. The average molecular weight is 563 g/mol. The molecule has 1 amide bonds. The second-order valence-corrected chi connectivity index (χ2v) is 13.3. The van der Waals surface area contributed by atoms with Crippen LogP contribution in [0.3, 0.4) is 0 Å². The molecule has 9 heteroatoms. The molecule has 0 bridgehead atoms. The zero-order chi connectivity index (χ0) is 27.4. The smallest absolute Gasteiger partial charge is 0.328 e. The van der Waals surface area contributed by atoms with Crippen molar-refractivity contribution in [1.29, 1.82) is 0 Å². The van der Waals surface area contributed by atoms with Gasteiger partial charge >= 0.3 is 11.9 Å². The lowest BCUT2D eigenvalue weighted by molar-refractivity contribution is -0.166. The number of carbonyl (C=O) groups is 3. The van der Waals surface area contributed by atoms with Crippen molar-refractivity contribution >= 4 is 41.0 Å². The summed E-state index contributed by atoms with van der Waals surface area (Å²) in [6.07, 6.45) is 9.09. The number of amides is 1. The average Bonchev–Trinajstić information content (AvgIpc) is 2.85. The van der Waals surface area contributed by atoms with E-state index in [-0.39, 0.29) is 34.6 Å². The van der Waals surface area contributed by atoms with E-state index in [1.165, 1.54) is 7.11 Å². The molecule has 0 aliphatic heterocycles. The van der Waals surface area contributed by atoms with Gasteiger partial charge in [-0.2, -0.15) is 0 Å². The van der Waals surface area contributed by atoms with Gasteiger partial charge in [0.25, 0.3) is 0 Å². The molecule has 0 aromatic carbocycles. The van der Waals surface area contributed by atoms with Gasteiger partial charge in [-0.05, 0) is 76.0 Å². The minimum absolute atomic E-state index is 0.0690. The van der Waals surface area contributed by atoms with E-state index < -0.39 is 34.7 Å². The van der Waals surface area contributed by atoms with Crippen molar-refractivity contribution in [2.75, 3.05) is 13.7 Å². The first-order chi connectivity index (χ1) is 17.4. The molecule has 3 saturated carbocycles. The summed E-state index contributed by atoms with van der Waals surface area (Å²) in [5.74, 6) is -1.65. The number of carboxylic acids is 1. The van der Waals surface area contributed by atoms with Crippen molar-refractivity contribution in [3.63, 3.8) is 0 Å². The number of ether oxygens (including phenoxy) is 2. The van der Waals surface area contributed by atoms with Crippen LogP contribution in [0.25, 0.3) is 0 Å². The maximum absolute atomic E-state index is 13.4. The molecule has 0 spiro atoms. The topological polar surface area (TPSA) is 102 Å². The van der Waals surface area contributed by atoms with Gasteiger partial charge < -0.3 is 19.9 Å². The number of nitrogens with one attached hydrogen (secondary N) is 1. The normalized spacial score (nSPS) is 36.8. The molecule has 3 fully saturated rings. The van der Waals surface area contributed by atoms with Gasteiger partial charge in [0, 0.05) is 22.6 Å². The van der Waals surface area contributed by atoms with E-state index in [4.69, 9.17) is 32.7 Å². The molecular weight excluding hydrogens is 517 g/mol. The number of methoxy groups -OCH3 is 1. The number of carboxylic acid groups (broad SMARTS) is 1. The van der Waals surface area contributed by atoms with Crippen LogP contribution in [0, 0.1) is 28.6 Å². The number of hydrogen-bond acceptors (Lipinski definition) is 5. The van der Waals surface area contributed by atoms with Crippen LogP contribution in [0.15, 0.2) is 0 Å². The molecule has 3 rings (SSSR count). The van der Waals surface area contributed by atoms with Crippen LogP contribution in [0.5, 0.6) is 0 Å². The molecule has 3 aliphatic rings. The third-order valence-electron chi connectivity index (χ3n) is 9.83. The molecule has 0 aromatic heterocycles. The van der Waals surface area contributed by atoms with Gasteiger partial charge in [-0.25, -0.2) is 4.79 Å². The van der Waals surface area contributed by atoms with E-state index in [1.54, 1.807) is 6.92 Å². The standard InChI is InChI=1S/C28H45Cl2NO6/c1-27(2)20(7-6-14-28(27,3)26(34)35)24(32)31-23(25(33)36-4)15-17-10-12-18(13-11-17)37-16-19-21(29)8-5-9-22(19)30/h17-23H,5-16H2,1-4H3,(H,31,32)(H,34,35)/t17?,18?,19?,20-,21?,22?,23+,28+/m1/s1. The highest BCUT2D eigenvalue weighted by molar-refractivity contribution is 6.24. The van der Waals surface area contributed by atoms with Crippen molar-refractivity contribution in [2.45, 2.75) is 114 Å². The lowest BCUT2D eigenvalue weighted by Gasteiger charge is -2.49. The molecular formula is C28H45Cl2NO6. The lowest BCUT2D eigenvalue weighted by Crippen LogP contribution is -2.55. The third kappa shape index (κ3) is 6.94. The highest BCUT2D eigenvalue weighted by Gasteiger charge is 2.55. The minimum atomic E-state index is -1.00. The Balaban J connectivity index is 1.54. The second-order valence-electron chi connectivity index (χ2n) is 12.2. The Bertz CT molecular complexity index is 804. The Kier molecular flexibility index (Phi) is 10.6. The van der Waals surface area contributed by atoms with Crippen LogP contribution >= 0.6 is 23.2 Å². The van der Waals surface area contributed by atoms with E-state index >= 15 is 0 Å². The fourth-order valence-corrected chi connectivity index (χ4v) is 7.56. The first kappa shape index (κ1) is 30.5. The monoisotopic (exact) mass is 561 g/mol. The molecule has 0 saturated heterocycles. The Labute approximate surface area is 231 Å². The largest absolute Gasteiger partial charge is 0.481 e. The molecule has 3 aliphatic carbocycles. The second kappa shape index (κ2) is 12.9. The number of alkyl halides is 2. The van der Waals surface area contributed by atoms with Crippen LogP contribution in [-0.4, -0.2) is 59.6 Å². The first-order valence-electron chi connectivity index (χ1n) is 13.9. The Morgan fingerprint density at radius 2 is 1.59 bits per heavy atom. The van der Waals surface area contributed by atoms with Gasteiger partial charge in [-0.15, -0.1) is 23.2 Å². The number of rotatable bonds is 9. The Hall–Kier alpha value is -1.05. The minimum Gasteiger partial charge on any atom is -0.481 e. The van der Waals surface area contributed by atoms with Crippen LogP contribution in [-0.2, 0) is 23.9 Å². The van der Waals surface area contributed by atoms with Gasteiger partial charge in [0.2, 0.25) is 5.91 Å². The summed E-state index contributed by atoms with van der Waals surface area (Å²) in [5, 5.41) is 13.0. The van der Waals surface area contributed by atoms with Crippen molar-refractivity contribution in [1.82, 2.24) is 5.32 Å². The predicted molar refractivity (Wildman–Crippen MR) is 144 cm³/mol. The van der Waals surface area contributed by atoms with Crippen molar-refractivity contribution < 1.29 is 29.0 Å². The summed E-state index contributed by atoms with van der Waals surface area (Å²) < 4.78 is 11.2. The highest BCUT2D eigenvalue weighted by atomic mass is 35.5. The summed E-state index contributed by atoms with van der Waals surface area (Å²) >= 11 is 13.0. The van der Waals surface area contributed by atoms with Crippen LogP contribution in [0.4, 0.5) is 0 Å². The molecule has 5 atom stereocenters. The van der Waals surface area contributed by atoms with Crippen molar-refractivity contribution in [3.05, 3.63) is 0 Å². The number of hydrogen-bond donors (Lipinski definition) is 2. The first-order valence-corrected chi connectivity index (χ1v) is 14.8. The third-order valence-corrected chi connectivity index (χ3v) is 10.9. The van der Waals surface area contributed by atoms with Gasteiger partial charge in [0.1, 0.15) is 6.04 Å². The summed E-state index contributed by atoms with van der Waals surface area (Å²) in [7, 11) is 1.33. The van der Waals surface area contributed by atoms with Crippen molar-refractivity contribution in [3.8, 4) is 0 Å². The number of carbonyl (C=O) groups excluding carboxylic acids is 2. The quantitative estimate of drug-likeness (QED) is 0.283. The van der Waals surface area contributed by atoms with Crippen molar-refractivity contribution in [2.24, 2.45) is 28.6 Å². The Morgan fingerprint density at radius 1 is 0.973 bits per heavy atom. The highest BCUT2D eigenvalue weighted by Crippen LogP contribution is 2.53.